The van der Waals surface area contributed by atoms with Gasteiger partial charge in [-0.2, -0.15) is 0 Å². The summed E-state index contributed by atoms with van der Waals surface area (Å²) < 4.78 is 0. The van der Waals surface area contributed by atoms with Crippen LogP contribution in [-0.2, 0) is 6.42 Å². The summed E-state index contributed by atoms with van der Waals surface area (Å²) in [6, 6.07) is 15.7. The summed E-state index contributed by atoms with van der Waals surface area (Å²) in [5, 5.41) is 9.91. The van der Waals surface area contributed by atoms with Gasteiger partial charge in [-0.25, -0.2) is 0 Å². The van der Waals surface area contributed by atoms with Crippen molar-refractivity contribution in [2.45, 2.75) is 18.4 Å². The Morgan fingerprint density at radius 3 is 2.29 bits per heavy atom. The maximum absolute atomic E-state index is 9.91. The van der Waals surface area contributed by atoms with Gasteiger partial charge in [0.1, 0.15) is 5.75 Å². The molecular weight excluding hydrogens is 210 g/mol. The summed E-state index contributed by atoms with van der Waals surface area (Å²) >= 11 is 0. The highest BCUT2D eigenvalue weighted by molar-refractivity contribution is 5.45. The molecule has 0 aromatic heterocycles. The molecule has 3 rings (SSSR count). The maximum atomic E-state index is 9.91. The van der Waals surface area contributed by atoms with Gasteiger partial charge in [0.05, 0.1) is 0 Å². The van der Waals surface area contributed by atoms with Crippen molar-refractivity contribution in [3.8, 4) is 5.75 Å². The minimum absolute atomic E-state index is 0.0144. The molecule has 1 aliphatic rings. The van der Waals surface area contributed by atoms with Crippen molar-refractivity contribution in [1.82, 2.24) is 0 Å². The van der Waals surface area contributed by atoms with Crippen LogP contribution in [0.4, 0.5) is 0 Å². The molecule has 2 aromatic carbocycles. The van der Waals surface area contributed by atoms with Crippen LogP contribution in [0.2, 0.25) is 0 Å². The van der Waals surface area contributed by atoms with Crippen LogP contribution < -0.4 is 5.73 Å². The third-order valence-corrected chi connectivity index (χ3v) is 3.62. The first-order valence-corrected chi connectivity index (χ1v) is 5.88. The molecular formula is C15H15NO. The van der Waals surface area contributed by atoms with Crippen LogP contribution in [-0.4, -0.2) is 5.11 Å². The summed E-state index contributed by atoms with van der Waals surface area (Å²) in [7, 11) is 0. The molecule has 3 N–H and O–H groups in total. The lowest BCUT2D eigenvalue weighted by Gasteiger charge is -2.17. The highest BCUT2D eigenvalue weighted by atomic mass is 16.3. The quantitative estimate of drug-likeness (QED) is 0.784. The highest BCUT2D eigenvalue weighted by Gasteiger charge is 2.31. The topological polar surface area (TPSA) is 46.2 Å². The van der Waals surface area contributed by atoms with Gasteiger partial charge in [0.2, 0.25) is 0 Å². The van der Waals surface area contributed by atoms with Crippen molar-refractivity contribution < 1.29 is 5.11 Å². The molecule has 0 radical (unpaired) electrons. The van der Waals surface area contributed by atoms with Crippen LogP contribution in [0.1, 0.15) is 28.7 Å². The number of fused-ring (bicyclic) bond motifs is 1. The van der Waals surface area contributed by atoms with Gasteiger partial charge in [-0.15, -0.1) is 0 Å². The van der Waals surface area contributed by atoms with E-state index in [4.69, 9.17) is 5.73 Å². The Morgan fingerprint density at radius 1 is 0.941 bits per heavy atom. The van der Waals surface area contributed by atoms with Gasteiger partial charge in [0.15, 0.2) is 0 Å². The Hall–Kier alpha value is -1.80. The van der Waals surface area contributed by atoms with Gasteiger partial charge < -0.3 is 10.8 Å². The van der Waals surface area contributed by atoms with E-state index in [2.05, 4.69) is 12.1 Å². The number of para-hydroxylation sites is 1. The Bertz CT molecular complexity index is 550. The maximum Gasteiger partial charge on any atom is 0.119 e. The second-order valence-corrected chi connectivity index (χ2v) is 4.59. The first-order valence-electron chi connectivity index (χ1n) is 5.88. The number of nitrogens with two attached hydrogens (primary N) is 1. The second-order valence-electron chi connectivity index (χ2n) is 4.59. The fourth-order valence-corrected chi connectivity index (χ4v) is 2.73. The summed E-state index contributed by atoms with van der Waals surface area (Å²) in [5.41, 5.74) is 9.74. The van der Waals surface area contributed by atoms with Gasteiger partial charge in [0, 0.05) is 12.0 Å². The lowest BCUT2D eigenvalue weighted by Crippen LogP contribution is -2.15. The molecule has 17 heavy (non-hydrogen) atoms. The molecule has 0 saturated heterocycles. The van der Waals surface area contributed by atoms with Crippen LogP contribution in [0.15, 0.2) is 48.5 Å². The normalized spacial score (nSPS) is 22.4. The SMILES string of the molecule is NC1c2ccccc2CC1c1ccccc1O. The average Bonchev–Trinajstić information content (AvgIpc) is 2.68. The largest absolute Gasteiger partial charge is 0.508 e. The van der Waals surface area contributed by atoms with Gasteiger partial charge >= 0.3 is 0 Å². The molecule has 0 bridgehead atoms. The van der Waals surface area contributed by atoms with Crippen molar-refractivity contribution in [3.63, 3.8) is 0 Å². The predicted octanol–water partition coefficient (Wildman–Crippen LogP) is 2.73. The van der Waals surface area contributed by atoms with E-state index < -0.39 is 0 Å². The van der Waals surface area contributed by atoms with Crippen molar-refractivity contribution in [3.05, 3.63) is 65.2 Å². The number of phenols is 1. The minimum Gasteiger partial charge on any atom is -0.508 e. The van der Waals surface area contributed by atoms with Crippen LogP contribution in [0, 0.1) is 0 Å². The zero-order valence-corrected chi connectivity index (χ0v) is 9.51. The van der Waals surface area contributed by atoms with E-state index in [-0.39, 0.29) is 12.0 Å². The van der Waals surface area contributed by atoms with Crippen molar-refractivity contribution >= 4 is 0 Å². The Kier molecular flexibility index (Phi) is 2.37. The molecule has 0 spiro atoms. The number of benzene rings is 2. The third-order valence-electron chi connectivity index (χ3n) is 3.62. The molecule has 2 atom stereocenters. The van der Waals surface area contributed by atoms with Crippen molar-refractivity contribution in [1.29, 1.82) is 0 Å². The van der Waals surface area contributed by atoms with E-state index in [1.165, 1.54) is 11.1 Å². The third kappa shape index (κ3) is 1.61. The number of hydrogen-bond acceptors (Lipinski definition) is 2. The molecule has 0 heterocycles. The summed E-state index contributed by atoms with van der Waals surface area (Å²) in [5.74, 6) is 0.536. The molecule has 0 saturated carbocycles. The lowest BCUT2D eigenvalue weighted by molar-refractivity contribution is 0.454. The molecule has 1 aliphatic carbocycles. The van der Waals surface area contributed by atoms with E-state index in [1.54, 1.807) is 6.07 Å². The van der Waals surface area contributed by atoms with E-state index in [0.29, 0.717) is 5.75 Å². The summed E-state index contributed by atoms with van der Waals surface area (Å²) in [4.78, 5) is 0. The summed E-state index contributed by atoms with van der Waals surface area (Å²) in [6.45, 7) is 0. The van der Waals surface area contributed by atoms with Gasteiger partial charge in [-0.3, -0.25) is 0 Å². The Labute approximate surface area is 101 Å². The van der Waals surface area contributed by atoms with Gasteiger partial charge in [-0.1, -0.05) is 42.5 Å². The molecule has 2 nitrogen and oxygen atoms in total. The number of hydrogen-bond donors (Lipinski definition) is 2. The monoisotopic (exact) mass is 225 g/mol. The van der Waals surface area contributed by atoms with Crippen molar-refractivity contribution in [2.75, 3.05) is 0 Å². The lowest BCUT2D eigenvalue weighted by atomic mass is 9.92. The van der Waals surface area contributed by atoms with E-state index >= 15 is 0 Å². The fourth-order valence-electron chi connectivity index (χ4n) is 2.73. The fraction of sp³-hybridized carbons (Fsp3) is 0.200. The number of rotatable bonds is 1. The van der Waals surface area contributed by atoms with Crippen LogP contribution >= 0.6 is 0 Å². The second kappa shape index (κ2) is 3.90. The van der Waals surface area contributed by atoms with Crippen LogP contribution in [0.25, 0.3) is 0 Å². The van der Waals surface area contributed by atoms with Gasteiger partial charge in [0.25, 0.3) is 0 Å². The van der Waals surface area contributed by atoms with E-state index in [0.717, 1.165) is 12.0 Å². The highest BCUT2D eigenvalue weighted by Crippen LogP contribution is 2.43. The zero-order chi connectivity index (χ0) is 11.8. The van der Waals surface area contributed by atoms with E-state index in [9.17, 15) is 5.11 Å². The summed E-state index contributed by atoms with van der Waals surface area (Å²) in [6.07, 6.45) is 0.912. The molecule has 0 fully saturated rings. The Balaban J connectivity index is 2.02. The number of aromatic hydroxyl groups is 1. The molecule has 86 valence electrons. The average molecular weight is 225 g/mol. The smallest absolute Gasteiger partial charge is 0.119 e. The molecule has 2 unspecified atom stereocenters. The molecule has 2 heteroatoms. The van der Waals surface area contributed by atoms with Crippen LogP contribution in [0.3, 0.4) is 0 Å². The van der Waals surface area contributed by atoms with E-state index in [1.807, 2.05) is 30.3 Å². The minimum atomic E-state index is -0.0144. The first kappa shape index (κ1) is 10.4. The van der Waals surface area contributed by atoms with Crippen LogP contribution in [0.5, 0.6) is 5.75 Å². The predicted molar refractivity (Wildman–Crippen MR) is 67.9 cm³/mol. The first-order chi connectivity index (χ1) is 8.27. The molecule has 2 aromatic rings. The van der Waals surface area contributed by atoms with Gasteiger partial charge in [-0.05, 0) is 29.2 Å². The molecule has 0 amide bonds. The zero-order valence-electron chi connectivity index (χ0n) is 9.51. The molecule has 0 aliphatic heterocycles. The Morgan fingerprint density at radius 2 is 1.59 bits per heavy atom. The standard InChI is InChI=1S/C15H15NO/c16-15-11-6-2-1-5-10(11)9-13(15)12-7-3-4-8-14(12)17/h1-8,13,15,17H,9,16H2. The number of phenolic OH excluding ortho intramolecular Hbond substituents is 1. The van der Waals surface area contributed by atoms with Crippen molar-refractivity contribution in [2.24, 2.45) is 5.73 Å².